The number of nitrogens with zero attached hydrogens (tertiary/aromatic N) is 1. The molecule has 98 valence electrons. The number of hydrogen-bond donors (Lipinski definition) is 0. The standard InChI is InChI=1S/C14H19B2NO2/c1-13(2)14(3,4)19-16(18-13)12-8-7-11-17-10-6-5-9-15(12)17/h5-11H,1-4H3. The summed E-state index contributed by atoms with van der Waals surface area (Å²) in [5.41, 5.74) is -0.586. The largest absolute Gasteiger partial charge is 0.483 e. The first-order valence-electron chi connectivity index (χ1n) is 6.77. The quantitative estimate of drug-likeness (QED) is 0.672. The van der Waals surface area contributed by atoms with E-state index in [2.05, 4.69) is 63.0 Å². The van der Waals surface area contributed by atoms with Crippen LogP contribution in [0.3, 0.4) is 0 Å². The van der Waals surface area contributed by atoms with Crippen LogP contribution < -0.4 is 0 Å². The van der Waals surface area contributed by atoms with Crippen molar-refractivity contribution in [2.24, 2.45) is 0 Å². The molecule has 0 unspecified atom stereocenters. The highest BCUT2D eigenvalue weighted by atomic mass is 16.7. The summed E-state index contributed by atoms with van der Waals surface area (Å²) in [6, 6.07) is 0. The lowest BCUT2D eigenvalue weighted by atomic mass is 9.41. The molecule has 3 heterocycles. The molecule has 0 aliphatic carbocycles. The monoisotopic (exact) mass is 255 g/mol. The van der Waals surface area contributed by atoms with Crippen molar-refractivity contribution in [1.82, 2.24) is 4.81 Å². The highest BCUT2D eigenvalue weighted by Gasteiger charge is 2.54. The summed E-state index contributed by atoms with van der Waals surface area (Å²) in [7, 11) is -0.279. The summed E-state index contributed by atoms with van der Waals surface area (Å²) in [4.78, 5) is 2.17. The van der Waals surface area contributed by atoms with Gasteiger partial charge in [-0.3, -0.25) is 0 Å². The number of allylic oxidation sites excluding steroid dienone is 4. The van der Waals surface area contributed by atoms with Crippen molar-refractivity contribution >= 4 is 14.0 Å². The maximum atomic E-state index is 6.14. The van der Waals surface area contributed by atoms with Crippen LogP contribution in [0.1, 0.15) is 27.7 Å². The summed E-state index contributed by atoms with van der Waals surface area (Å²) in [6.45, 7) is 8.53. The minimum absolute atomic E-state index is 0.199. The van der Waals surface area contributed by atoms with Crippen LogP contribution in [0, 0.1) is 0 Å². The molecular formula is C14H19B2NO2. The van der Waals surface area contributed by atoms with Gasteiger partial charge in [0, 0.05) is 0 Å². The lowest BCUT2D eigenvalue weighted by Gasteiger charge is -2.32. The zero-order valence-corrected chi connectivity index (χ0v) is 12.0. The summed E-state index contributed by atoms with van der Waals surface area (Å²) in [5.74, 6) is 2.17. The van der Waals surface area contributed by atoms with E-state index in [-0.39, 0.29) is 25.2 Å². The van der Waals surface area contributed by atoms with Gasteiger partial charge in [-0.05, 0) is 57.6 Å². The Kier molecular flexibility index (Phi) is 2.80. The molecule has 0 N–H and O–H groups in total. The Labute approximate surface area is 115 Å². The zero-order chi connectivity index (χ0) is 13.7. The second kappa shape index (κ2) is 4.15. The van der Waals surface area contributed by atoms with E-state index in [1.54, 1.807) is 0 Å². The average molecular weight is 255 g/mol. The molecular weight excluding hydrogens is 236 g/mol. The molecule has 19 heavy (non-hydrogen) atoms. The van der Waals surface area contributed by atoms with Crippen LogP contribution in [0.4, 0.5) is 0 Å². The van der Waals surface area contributed by atoms with Crippen molar-refractivity contribution in [1.29, 1.82) is 0 Å². The summed E-state index contributed by atoms with van der Waals surface area (Å²) < 4.78 is 12.3. The minimum atomic E-state index is -0.293. The Morgan fingerprint density at radius 2 is 1.58 bits per heavy atom. The fourth-order valence-electron chi connectivity index (χ4n) is 2.49. The maximum absolute atomic E-state index is 6.14. The highest BCUT2D eigenvalue weighted by Crippen LogP contribution is 2.39. The normalized spacial score (nSPS) is 26.7. The second-order valence-corrected chi connectivity index (χ2v) is 6.21. The number of fused-ring (bicyclic) bond motifs is 1. The first kappa shape index (κ1) is 12.8. The van der Waals surface area contributed by atoms with Gasteiger partial charge in [0.2, 0.25) is 0 Å². The Hall–Kier alpha value is -1.19. The molecule has 0 aromatic carbocycles. The molecule has 0 aromatic rings. The van der Waals surface area contributed by atoms with E-state index in [1.807, 2.05) is 12.2 Å². The van der Waals surface area contributed by atoms with Gasteiger partial charge in [-0.2, -0.15) is 0 Å². The Bertz CT molecular complexity index is 490. The molecule has 0 aromatic heterocycles. The molecule has 1 fully saturated rings. The Morgan fingerprint density at radius 3 is 2.26 bits per heavy atom. The third-order valence-corrected chi connectivity index (χ3v) is 4.40. The maximum Gasteiger partial charge on any atom is 0.483 e. The second-order valence-electron chi connectivity index (χ2n) is 6.21. The molecule has 3 nitrogen and oxygen atoms in total. The molecule has 0 bridgehead atoms. The first-order chi connectivity index (χ1) is 8.91. The molecule has 3 aliphatic rings. The molecule has 0 amide bonds. The van der Waals surface area contributed by atoms with Crippen molar-refractivity contribution in [2.45, 2.75) is 38.9 Å². The summed E-state index contributed by atoms with van der Waals surface area (Å²) >= 11 is 0. The predicted molar refractivity (Wildman–Crippen MR) is 79.2 cm³/mol. The van der Waals surface area contributed by atoms with Crippen molar-refractivity contribution in [2.75, 3.05) is 0 Å². The van der Waals surface area contributed by atoms with Crippen LogP contribution >= 0.6 is 0 Å². The van der Waals surface area contributed by atoms with Gasteiger partial charge < -0.3 is 14.1 Å². The van der Waals surface area contributed by atoms with Gasteiger partial charge in [0.15, 0.2) is 0 Å². The van der Waals surface area contributed by atoms with Crippen molar-refractivity contribution in [3.63, 3.8) is 0 Å². The van der Waals surface area contributed by atoms with Gasteiger partial charge >= 0.3 is 14.0 Å². The highest BCUT2D eigenvalue weighted by molar-refractivity contribution is 6.86. The number of hydrogen-bond acceptors (Lipinski definition) is 3. The predicted octanol–water partition coefficient (Wildman–Crippen LogP) is 2.53. The molecule has 3 aliphatic heterocycles. The van der Waals surface area contributed by atoms with Crippen LogP contribution in [0.15, 0.2) is 48.1 Å². The van der Waals surface area contributed by atoms with Gasteiger partial charge in [0.05, 0.1) is 11.2 Å². The molecule has 0 atom stereocenters. The van der Waals surface area contributed by atoms with E-state index >= 15 is 0 Å². The lowest BCUT2D eigenvalue weighted by Crippen LogP contribution is -2.42. The van der Waals surface area contributed by atoms with Crippen LogP contribution in [0.5, 0.6) is 0 Å². The van der Waals surface area contributed by atoms with E-state index < -0.39 is 0 Å². The van der Waals surface area contributed by atoms with Gasteiger partial charge in [-0.1, -0.05) is 18.1 Å². The summed E-state index contributed by atoms with van der Waals surface area (Å²) in [5, 5.41) is 1.15. The fourth-order valence-corrected chi connectivity index (χ4v) is 2.49. The molecule has 0 saturated carbocycles. The fraction of sp³-hybridized carbons (Fsp3) is 0.429. The van der Waals surface area contributed by atoms with Crippen LogP contribution in [-0.2, 0) is 9.31 Å². The van der Waals surface area contributed by atoms with Crippen molar-refractivity contribution < 1.29 is 9.31 Å². The van der Waals surface area contributed by atoms with E-state index in [1.165, 1.54) is 0 Å². The van der Waals surface area contributed by atoms with Crippen molar-refractivity contribution in [3.8, 4) is 0 Å². The Morgan fingerprint density at radius 1 is 0.947 bits per heavy atom. The third-order valence-electron chi connectivity index (χ3n) is 4.40. The zero-order valence-electron chi connectivity index (χ0n) is 12.0. The molecule has 5 heteroatoms. The van der Waals surface area contributed by atoms with Crippen LogP contribution in [-0.4, -0.2) is 30.0 Å². The van der Waals surface area contributed by atoms with E-state index in [0.717, 1.165) is 5.37 Å². The van der Waals surface area contributed by atoms with Crippen molar-refractivity contribution in [3.05, 3.63) is 48.1 Å². The van der Waals surface area contributed by atoms with Gasteiger partial charge in [-0.25, -0.2) is 0 Å². The van der Waals surface area contributed by atoms with E-state index in [0.29, 0.717) is 0 Å². The van der Waals surface area contributed by atoms with E-state index in [4.69, 9.17) is 9.31 Å². The van der Waals surface area contributed by atoms with E-state index in [9.17, 15) is 0 Å². The molecule has 0 radical (unpaired) electrons. The van der Waals surface area contributed by atoms with Gasteiger partial charge in [-0.15, -0.1) is 0 Å². The molecule has 1 saturated heterocycles. The lowest BCUT2D eigenvalue weighted by molar-refractivity contribution is 0.00578. The van der Waals surface area contributed by atoms with Gasteiger partial charge in [0.25, 0.3) is 0 Å². The smallest absolute Gasteiger partial charge is 0.400 e. The van der Waals surface area contributed by atoms with Gasteiger partial charge in [0.1, 0.15) is 0 Å². The minimum Gasteiger partial charge on any atom is -0.400 e. The number of rotatable bonds is 1. The van der Waals surface area contributed by atoms with Crippen LogP contribution in [0.25, 0.3) is 0 Å². The summed E-state index contributed by atoms with van der Waals surface area (Å²) in [6.07, 6.45) is 12.4. The average Bonchev–Trinajstić information content (AvgIpc) is 2.58. The Balaban J connectivity index is 1.88. The van der Waals surface area contributed by atoms with Crippen LogP contribution in [0.2, 0.25) is 0 Å². The SMILES string of the molecule is CC1(C)OB(C2=CC=CN3C=CC=CB23)OC1(C)C. The third kappa shape index (κ3) is 2.01. The topological polar surface area (TPSA) is 21.7 Å². The molecule has 0 spiro atoms. The first-order valence-corrected chi connectivity index (χ1v) is 6.77. The molecule has 3 rings (SSSR count).